The number of nitrogens with zero attached hydrogens (tertiary/aromatic N) is 2. The van der Waals surface area contributed by atoms with Gasteiger partial charge in [0.2, 0.25) is 5.88 Å². The van der Waals surface area contributed by atoms with Crippen molar-refractivity contribution < 1.29 is 4.74 Å². The van der Waals surface area contributed by atoms with Crippen LogP contribution in [0.4, 0.5) is 5.69 Å². The molecule has 1 N–H and O–H groups in total. The van der Waals surface area contributed by atoms with E-state index in [-0.39, 0.29) is 0 Å². The number of aromatic nitrogens is 2. The summed E-state index contributed by atoms with van der Waals surface area (Å²) in [6, 6.07) is 17.4. The Labute approximate surface area is 134 Å². The summed E-state index contributed by atoms with van der Waals surface area (Å²) in [4.78, 5) is 0. The highest BCUT2D eigenvalue weighted by Gasteiger charge is 2.05. The predicted octanol–water partition coefficient (Wildman–Crippen LogP) is 4.15. The highest BCUT2D eigenvalue weighted by molar-refractivity contribution is 6.30. The molecule has 0 saturated carbocycles. The molecule has 0 amide bonds. The average Bonchev–Trinajstić information content (AvgIpc) is 3.03. The maximum absolute atomic E-state index is 5.89. The van der Waals surface area contributed by atoms with Crippen molar-refractivity contribution in [3.8, 4) is 11.6 Å². The summed E-state index contributed by atoms with van der Waals surface area (Å²) in [6.07, 6.45) is 1.86. The molecule has 0 saturated heterocycles. The molecule has 0 spiro atoms. The second kappa shape index (κ2) is 6.54. The van der Waals surface area contributed by atoms with Gasteiger partial charge in [-0.05, 0) is 30.3 Å². The molecule has 0 unspecified atom stereocenters. The van der Waals surface area contributed by atoms with Crippen LogP contribution in [0, 0.1) is 0 Å². The third-order valence-corrected chi connectivity index (χ3v) is 3.57. The van der Waals surface area contributed by atoms with Gasteiger partial charge in [0.15, 0.2) is 0 Å². The normalized spacial score (nSPS) is 10.5. The lowest BCUT2D eigenvalue weighted by Crippen LogP contribution is -2.01. The lowest BCUT2D eigenvalue weighted by atomic mass is 10.2. The Bertz CT molecular complexity index is 753. The van der Waals surface area contributed by atoms with Crippen molar-refractivity contribution in [2.24, 2.45) is 0 Å². The van der Waals surface area contributed by atoms with Crippen molar-refractivity contribution in [1.29, 1.82) is 0 Å². The van der Waals surface area contributed by atoms with Crippen molar-refractivity contribution in [1.82, 2.24) is 9.78 Å². The van der Waals surface area contributed by atoms with E-state index in [1.165, 1.54) is 0 Å². The summed E-state index contributed by atoms with van der Waals surface area (Å²) >= 11 is 5.89. The van der Waals surface area contributed by atoms with E-state index in [1.807, 2.05) is 67.8 Å². The highest BCUT2D eigenvalue weighted by Crippen LogP contribution is 2.18. The zero-order valence-corrected chi connectivity index (χ0v) is 12.9. The maximum Gasteiger partial charge on any atom is 0.233 e. The first kappa shape index (κ1) is 14.5. The van der Waals surface area contributed by atoms with E-state index in [0.717, 1.165) is 16.9 Å². The highest BCUT2D eigenvalue weighted by atomic mass is 35.5. The van der Waals surface area contributed by atoms with Crippen LogP contribution in [0.15, 0.2) is 60.8 Å². The van der Waals surface area contributed by atoms with E-state index in [2.05, 4.69) is 10.4 Å². The van der Waals surface area contributed by atoms with Gasteiger partial charge in [0.05, 0.1) is 5.69 Å². The lowest BCUT2D eigenvalue weighted by Gasteiger charge is -2.08. The van der Waals surface area contributed by atoms with Gasteiger partial charge in [-0.15, -0.1) is 5.10 Å². The SMILES string of the molecule is CNc1ccccc1COc1ccn(-c2ccc(Cl)cc2)n1. The topological polar surface area (TPSA) is 39.1 Å². The number of ether oxygens (including phenoxy) is 1. The second-order valence-electron chi connectivity index (χ2n) is 4.77. The molecule has 112 valence electrons. The van der Waals surface area contributed by atoms with Crippen LogP contribution in [0.25, 0.3) is 5.69 Å². The molecule has 3 aromatic rings. The van der Waals surface area contributed by atoms with Gasteiger partial charge in [-0.1, -0.05) is 29.8 Å². The molecule has 22 heavy (non-hydrogen) atoms. The Kier molecular flexibility index (Phi) is 4.30. The van der Waals surface area contributed by atoms with Gasteiger partial charge in [-0.3, -0.25) is 0 Å². The monoisotopic (exact) mass is 313 g/mol. The summed E-state index contributed by atoms with van der Waals surface area (Å²) in [5.74, 6) is 0.584. The molecule has 1 heterocycles. The van der Waals surface area contributed by atoms with Gasteiger partial charge < -0.3 is 10.1 Å². The standard InChI is InChI=1S/C17H16ClN3O/c1-19-16-5-3-2-4-13(16)12-22-17-10-11-21(20-17)15-8-6-14(18)7-9-15/h2-11,19H,12H2,1H3. The Morgan fingerprint density at radius 3 is 2.64 bits per heavy atom. The fraction of sp³-hybridized carbons (Fsp3) is 0.118. The third kappa shape index (κ3) is 3.23. The minimum atomic E-state index is 0.467. The quantitative estimate of drug-likeness (QED) is 0.769. The summed E-state index contributed by atoms with van der Waals surface area (Å²) < 4.78 is 7.52. The molecule has 0 aliphatic carbocycles. The number of anilines is 1. The van der Waals surface area contributed by atoms with Crippen LogP contribution in [0.5, 0.6) is 5.88 Å². The van der Waals surface area contributed by atoms with Crippen LogP contribution in [0.1, 0.15) is 5.56 Å². The van der Waals surface area contributed by atoms with Crippen molar-refractivity contribution in [3.63, 3.8) is 0 Å². The van der Waals surface area contributed by atoms with Crippen LogP contribution in [0.3, 0.4) is 0 Å². The molecule has 0 fully saturated rings. The molecule has 0 atom stereocenters. The molecule has 0 bridgehead atoms. The van der Waals surface area contributed by atoms with Crippen LogP contribution < -0.4 is 10.1 Å². The van der Waals surface area contributed by atoms with Crippen LogP contribution >= 0.6 is 11.6 Å². The first-order chi connectivity index (χ1) is 10.8. The number of hydrogen-bond donors (Lipinski definition) is 1. The van der Waals surface area contributed by atoms with Gasteiger partial charge in [0, 0.05) is 35.6 Å². The Balaban J connectivity index is 1.71. The molecular weight excluding hydrogens is 298 g/mol. The molecule has 0 aliphatic rings. The number of hydrogen-bond acceptors (Lipinski definition) is 3. The fourth-order valence-electron chi connectivity index (χ4n) is 2.16. The molecular formula is C17H16ClN3O. The lowest BCUT2D eigenvalue weighted by molar-refractivity contribution is 0.292. The number of rotatable bonds is 5. The van der Waals surface area contributed by atoms with Crippen molar-refractivity contribution in [2.45, 2.75) is 6.61 Å². The van der Waals surface area contributed by atoms with E-state index < -0.39 is 0 Å². The third-order valence-electron chi connectivity index (χ3n) is 3.32. The van der Waals surface area contributed by atoms with Gasteiger partial charge >= 0.3 is 0 Å². The van der Waals surface area contributed by atoms with Gasteiger partial charge in [-0.25, -0.2) is 4.68 Å². The summed E-state index contributed by atoms with van der Waals surface area (Å²) in [5.41, 5.74) is 3.08. The molecule has 3 rings (SSSR count). The molecule has 5 heteroatoms. The van der Waals surface area contributed by atoms with E-state index in [4.69, 9.17) is 16.3 Å². The minimum Gasteiger partial charge on any atom is -0.472 e. The van der Waals surface area contributed by atoms with E-state index in [1.54, 1.807) is 4.68 Å². The number of nitrogens with one attached hydrogen (secondary N) is 1. The van der Waals surface area contributed by atoms with Gasteiger partial charge in [0.25, 0.3) is 0 Å². The maximum atomic E-state index is 5.89. The van der Waals surface area contributed by atoms with Crippen LogP contribution in [-0.4, -0.2) is 16.8 Å². The minimum absolute atomic E-state index is 0.467. The van der Waals surface area contributed by atoms with Crippen LogP contribution in [0.2, 0.25) is 5.02 Å². The van der Waals surface area contributed by atoms with E-state index in [9.17, 15) is 0 Å². The average molecular weight is 314 g/mol. The van der Waals surface area contributed by atoms with Crippen molar-refractivity contribution >= 4 is 17.3 Å². The Morgan fingerprint density at radius 1 is 1.09 bits per heavy atom. The Morgan fingerprint density at radius 2 is 1.86 bits per heavy atom. The second-order valence-corrected chi connectivity index (χ2v) is 5.21. The zero-order chi connectivity index (χ0) is 15.4. The number of halogens is 1. The summed E-state index contributed by atoms with van der Waals surface area (Å²) in [6.45, 7) is 0.467. The molecule has 2 aromatic carbocycles. The molecule has 4 nitrogen and oxygen atoms in total. The fourth-order valence-corrected chi connectivity index (χ4v) is 2.29. The number of para-hydroxylation sites is 1. The Hall–Kier alpha value is -2.46. The number of benzene rings is 2. The first-order valence-electron chi connectivity index (χ1n) is 6.96. The first-order valence-corrected chi connectivity index (χ1v) is 7.34. The van der Waals surface area contributed by atoms with E-state index in [0.29, 0.717) is 17.5 Å². The van der Waals surface area contributed by atoms with Crippen LogP contribution in [-0.2, 0) is 6.61 Å². The largest absolute Gasteiger partial charge is 0.472 e. The molecule has 0 radical (unpaired) electrons. The van der Waals surface area contributed by atoms with Gasteiger partial charge in [-0.2, -0.15) is 0 Å². The van der Waals surface area contributed by atoms with Gasteiger partial charge in [0.1, 0.15) is 6.61 Å². The van der Waals surface area contributed by atoms with Crippen molar-refractivity contribution in [3.05, 3.63) is 71.4 Å². The smallest absolute Gasteiger partial charge is 0.233 e. The molecule has 1 aromatic heterocycles. The summed E-state index contributed by atoms with van der Waals surface area (Å²) in [5, 5.41) is 8.27. The summed E-state index contributed by atoms with van der Waals surface area (Å²) in [7, 11) is 1.90. The van der Waals surface area contributed by atoms with E-state index >= 15 is 0 Å². The van der Waals surface area contributed by atoms with Crippen molar-refractivity contribution in [2.75, 3.05) is 12.4 Å². The zero-order valence-electron chi connectivity index (χ0n) is 12.2. The molecule has 0 aliphatic heterocycles. The predicted molar refractivity (Wildman–Crippen MR) is 88.9 cm³/mol.